The molecule has 4 rings (SSSR count). The molecule has 1 amide bonds. The predicted octanol–water partition coefficient (Wildman–Crippen LogP) is 5.47. The SMILES string of the molecule is Cc1nn(Cc2ccc(Cl)cc2Cl)c2sc(C(=O)N(C)CCc3ccccn3)cc12. The zero-order valence-electron chi connectivity index (χ0n) is 16.6. The molecule has 1 aromatic carbocycles. The van der Waals surface area contributed by atoms with Crippen LogP contribution >= 0.6 is 34.5 Å². The molecule has 154 valence electrons. The molecule has 0 spiro atoms. The highest BCUT2D eigenvalue weighted by Crippen LogP contribution is 2.31. The van der Waals surface area contributed by atoms with Gasteiger partial charge in [-0.2, -0.15) is 5.10 Å². The zero-order valence-corrected chi connectivity index (χ0v) is 18.9. The third kappa shape index (κ3) is 4.36. The number of aromatic nitrogens is 3. The number of halogens is 2. The van der Waals surface area contributed by atoms with E-state index in [0.717, 1.165) is 33.6 Å². The van der Waals surface area contributed by atoms with E-state index in [1.165, 1.54) is 11.3 Å². The smallest absolute Gasteiger partial charge is 0.263 e. The average Bonchev–Trinajstić information content (AvgIpc) is 3.29. The topological polar surface area (TPSA) is 51.0 Å². The number of aryl methyl sites for hydroxylation is 1. The van der Waals surface area contributed by atoms with Crippen LogP contribution in [0.4, 0.5) is 0 Å². The van der Waals surface area contributed by atoms with Crippen molar-refractivity contribution in [2.45, 2.75) is 19.9 Å². The Bertz CT molecular complexity index is 1200. The third-order valence-corrected chi connectivity index (χ3v) is 6.65. The van der Waals surface area contributed by atoms with Gasteiger partial charge in [0, 0.05) is 47.3 Å². The molecule has 0 aliphatic rings. The van der Waals surface area contributed by atoms with E-state index < -0.39 is 0 Å². The van der Waals surface area contributed by atoms with E-state index in [-0.39, 0.29) is 5.91 Å². The highest BCUT2D eigenvalue weighted by atomic mass is 35.5. The van der Waals surface area contributed by atoms with E-state index in [2.05, 4.69) is 10.1 Å². The van der Waals surface area contributed by atoms with Crippen LogP contribution in [0.1, 0.15) is 26.6 Å². The van der Waals surface area contributed by atoms with Gasteiger partial charge in [-0.3, -0.25) is 14.5 Å². The van der Waals surface area contributed by atoms with Gasteiger partial charge in [0.2, 0.25) is 0 Å². The van der Waals surface area contributed by atoms with Crippen LogP contribution in [0.3, 0.4) is 0 Å². The summed E-state index contributed by atoms with van der Waals surface area (Å²) < 4.78 is 1.90. The van der Waals surface area contributed by atoms with Crippen molar-refractivity contribution >= 4 is 50.7 Å². The maximum Gasteiger partial charge on any atom is 0.263 e. The second-order valence-electron chi connectivity index (χ2n) is 7.11. The Balaban J connectivity index is 1.54. The van der Waals surface area contributed by atoms with Gasteiger partial charge in [0.15, 0.2) is 0 Å². The van der Waals surface area contributed by atoms with E-state index in [1.807, 2.05) is 55.1 Å². The van der Waals surface area contributed by atoms with Crippen molar-refractivity contribution in [2.24, 2.45) is 0 Å². The molecule has 0 bridgehead atoms. The summed E-state index contributed by atoms with van der Waals surface area (Å²) in [7, 11) is 1.82. The summed E-state index contributed by atoms with van der Waals surface area (Å²) in [6, 6.07) is 13.2. The van der Waals surface area contributed by atoms with E-state index in [1.54, 1.807) is 17.2 Å². The number of thiophene rings is 1. The summed E-state index contributed by atoms with van der Waals surface area (Å²) in [5, 5.41) is 6.83. The second-order valence-corrected chi connectivity index (χ2v) is 8.98. The van der Waals surface area contributed by atoms with Gasteiger partial charge in [0.1, 0.15) is 4.83 Å². The largest absolute Gasteiger partial charge is 0.341 e. The van der Waals surface area contributed by atoms with Crippen LogP contribution in [0, 0.1) is 6.92 Å². The molecule has 5 nitrogen and oxygen atoms in total. The van der Waals surface area contributed by atoms with Crippen molar-refractivity contribution in [3.63, 3.8) is 0 Å². The number of hydrogen-bond donors (Lipinski definition) is 0. The summed E-state index contributed by atoms with van der Waals surface area (Å²) in [5.74, 6) is 0.00241. The van der Waals surface area contributed by atoms with Crippen LogP contribution in [0.5, 0.6) is 0 Å². The molecule has 0 aliphatic carbocycles. The number of likely N-dealkylation sites (N-methyl/N-ethyl adjacent to an activating group) is 1. The minimum atomic E-state index is 0.00241. The number of amides is 1. The summed E-state index contributed by atoms with van der Waals surface area (Å²) >= 11 is 13.8. The number of nitrogens with zero attached hydrogens (tertiary/aromatic N) is 4. The Morgan fingerprint density at radius 1 is 1.20 bits per heavy atom. The van der Waals surface area contributed by atoms with Gasteiger partial charge in [-0.05, 0) is 42.8 Å². The molecule has 4 aromatic rings. The number of benzene rings is 1. The summed E-state index contributed by atoms with van der Waals surface area (Å²) in [6.07, 6.45) is 2.49. The molecule has 0 fully saturated rings. The van der Waals surface area contributed by atoms with Crippen molar-refractivity contribution in [1.82, 2.24) is 19.7 Å². The molecular weight excluding hydrogens is 439 g/mol. The molecule has 0 radical (unpaired) electrons. The maximum absolute atomic E-state index is 13.0. The van der Waals surface area contributed by atoms with Crippen LogP contribution in [0.15, 0.2) is 48.7 Å². The minimum absolute atomic E-state index is 0.00241. The Hall–Kier alpha value is -2.41. The van der Waals surface area contributed by atoms with Gasteiger partial charge in [0.05, 0.1) is 17.1 Å². The predicted molar refractivity (Wildman–Crippen MR) is 123 cm³/mol. The Morgan fingerprint density at radius 3 is 2.77 bits per heavy atom. The first-order valence-corrected chi connectivity index (χ1v) is 11.1. The van der Waals surface area contributed by atoms with Crippen molar-refractivity contribution in [2.75, 3.05) is 13.6 Å². The molecule has 0 unspecified atom stereocenters. The van der Waals surface area contributed by atoms with Crippen molar-refractivity contribution in [3.8, 4) is 0 Å². The molecular formula is C22H20Cl2N4OS. The van der Waals surface area contributed by atoms with E-state index in [9.17, 15) is 4.79 Å². The van der Waals surface area contributed by atoms with Crippen LogP contribution < -0.4 is 0 Å². The lowest BCUT2D eigenvalue weighted by Crippen LogP contribution is -2.28. The molecule has 8 heteroatoms. The Kier molecular flexibility index (Phi) is 6.09. The van der Waals surface area contributed by atoms with Gasteiger partial charge in [-0.25, -0.2) is 0 Å². The van der Waals surface area contributed by atoms with Gasteiger partial charge in [-0.1, -0.05) is 35.3 Å². The molecule has 0 atom stereocenters. The number of rotatable bonds is 6. The molecule has 3 heterocycles. The lowest BCUT2D eigenvalue weighted by molar-refractivity contribution is 0.0801. The van der Waals surface area contributed by atoms with Gasteiger partial charge >= 0.3 is 0 Å². The van der Waals surface area contributed by atoms with Crippen molar-refractivity contribution < 1.29 is 4.79 Å². The first-order chi connectivity index (χ1) is 14.4. The van der Waals surface area contributed by atoms with Crippen molar-refractivity contribution in [3.05, 3.63) is 80.5 Å². The molecule has 3 aromatic heterocycles. The van der Waals surface area contributed by atoms with Gasteiger partial charge in [0.25, 0.3) is 5.91 Å². The van der Waals surface area contributed by atoms with Gasteiger partial charge < -0.3 is 4.90 Å². The summed E-state index contributed by atoms with van der Waals surface area (Å²) in [5.41, 5.74) is 2.79. The number of carbonyl (C=O) groups excluding carboxylic acids is 1. The third-order valence-electron chi connectivity index (χ3n) is 4.93. The quantitative estimate of drug-likeness (QED) is 0.384. The number of fused-ring (bicyclic) bond motifs is 1. The van der Waals surface area contributed by atoms with Gasteiger partial charge in [-0.15, -0.1) is 11.3 Å². The highest BCUT2D eigenvalue weighted by molar-refractivity contribution is 7.20. The Labute approximate surface area is 188 Å². The average molecular weight is 459 g/mol. The first-order valence-electron chi connectivity index (χ1n) is 9.48. The fraction of sp³-hybridized carbons (Fsp3) is 0.227. The second kappa shape index (κ2) is 8.76. The number of hydrogen-bond acceptors (Lipinski definition) is 4. The number of carbonyl (C=O) groups is 1. The molecule has 0 saturated heterocycles. The zero-order chi connectivity index (χ0) is 21.3. The standard InChI is InChI=1S/C22H20Cl2N4OS/c1-14-18-12-20(21(29)27(2)10-8-17-5-3-4-9-25-17)30-22(18)28(26-14)13-15-6-7-16(23)11-19(15)24/h3-7,9,11-12H,8,10,13H2,1-2H3. The van der Waals surface area contributed by atoms with E-state index in [0.29, 0.717) is 28.0 Å². The molecule has 0 saturated carbocycles. The fourth-order valence-corrected chi connectivity index (χ4v) is 4.88. The Morgan fingerprint density at radius 2 is 2.03 bits per heavy atom. The van der Waals surface area contributed by atoms with E-state index >= 15 is 0 Å². The summed E-state index contributed by atoms with van der Waals surface area (Å²) in [6.45, 7) is 3.08. The number of pyridine rings is 1. The lowest BCUT2D eigenvalue weighted by Gasteiger charge is -2.15. The van der Waals surface area contributed by atoms with Crippen LogP contribution in [0.25, 0.3) is 10.2 Å². The normalized spacial score (nSPS) is 11.2. The van der Waals surface area contributed by atoms with Crippen LogP contribution in [0.2, 0.25) is 10.0 Å². The van der Waals surface area contributed by atoms with Crippen molar-refractivity contribution in [1.29, 1.82) is 0 Å². The molecule has 30 heavy (non-hydrogen) atoms. The minimum Gasteiger partial charge on any atom is -0.341 e. The van der Waals surface area contributed by atoms with Crippen LogP contribution in [-0.4, -0.2) is 39.2 Å². The van der Waals surface area contributed by atoms with Crippen LogP contribution in [-0.2, 0) is 13.0 Å². The lowest BCUT2D eigenvalue weighted by atomic mass is 10.2. The monoisotopic (exact) mass is 458 g/mol. The maximum atomic E-state index is 13.0. The molecule has 0 aliphatic heterocycles. The first kappa shape index (κ1) is 20.8. The van der Waals surface area contributed by atoms with E-state index in [4.69, 9.17) is 23.2 Å². The summed E-state index contributed by atoms with van der Waals surface area (Å²) in [4.78, 5) is 20.7. The molecule has 0 N–H and O–H groups in total. The highest BCUT2D eigenvalue weighted by Gasteiger charge is 2.19. The fourth-order valence-electron chi connectivity index (χ4n) is 3.25.